The van der Waals surface area contributed by atoms with Crippen LogP contribution in [-0.4, -0.2) is 29.2 Å². The van der Waals surface area contributed by atoms with Crippen LogP contribution in [0.4, 0.5) is 0 Å². The number of rotatable bonds is 2. The molecule has 22 heavy (non-hydrogen) atoms. The first-order chi connectivity index (χ1) is 10.5. The number of amides is 1. The number of nitrogens with zero attached hydrogens (tertiary/aromatic N) is 2. The van der Waals surface area contributed by atoms with Gasteiger partial charge in [0.15, 0.2) is 6.29 Å². The third-order valence-electron chi connectivity index (χ3n) is 4.09. The maximum atomic E-state index is 12.2. The lowest BCUT2D eigenvalue weighted by molar-refractivity contribution is -0.125. The van der Waals surface area contributed by atoms with E-state index in [9.17, 15) is 9.59 Å². The largest absolute Gasteiger partial charge is 0.482 e. The second kappa shape index (κ2) is 4.99. The monoisotopic (exact) mass is 296 g/mol. The van der Waals surface area contributed by atoms with Crippen LogP contribution in [0.5, 0.6) is 5.75 Å². The van der Waals surface area contributed by atoms with Crippen LogP contribution < -0.4 is 4.74 Å². The van der Waals surface area contributed by atoms with Crippen molar-refractivity contribution >= 4 is 17.9 Å². The van der Waals surface area contributed by atoms with E-state index in [-0.39, 0.29) is 5.91 Å². The van der Waals surface area contributed by atoms with E-state index >= 15 is 0 Å². The number of ether oxygens (including phenoxy) is 1. The highest BCUT2D eigenvalue weighted by Gasteiger charge is 2.39. The molecule has 2 aliphatic heterocycles. The van der Waals surface area contributed by atoms with Crippen molar-refractivity contribution in [1.29, 1.82) is 5.26 Å². The van der Waals surface area contributed by atoms with Gasteiger partial charge in [-0.25, -0.2) is 0 Å². The Morgan fingerprint density at radius 3 is 2.77 bits per heavy atom. The molecular weight excluding hydrogens is 280 g/mol. The number of nitriles is 1. The average molecular weight is 296 g/mol. The number of hydrogen-bond acceptors (Lipinski definition) is 4. The number of fused-ring (bicyclic) bond motifs is 1. The van der Waals surface area contributed by atoms with Gasteiger partial charge in [0.2, 0.25) is 5.91 Å². The zero-order valence-corrected chi connectivity index (χ0v) is 12.5. The summed E-state index contributed by atoms with van der Waals surface area (Å²) in [5.41, 5.74) is 1.31. The molecule has 0 atom stereocenters. The molecule has 0 spiro atoms. The molecule has 0 saturated carbocycles. The Balaban J connectivity index is 2.28. The fourth-order valence-corrected chi connectivity index (χ4v) is 3.01. The molecule has 0 N–H and O–H groups in total. The summed E-state index contributed by atoms with van der Waals surface area (Å²) < 4.78 is 5.91. The van der Waals surface area contributed by atoms with Gasteiger partial charge in [-0.15, -0.1) is 0 Å². The lowest BCUT2D eigenvalue weighted by Crippen LogP contribution is -2.39. The van der Waals surface area contributed by atoms with Gasteiger partial charge in [0, 0.05) is 18.5 Å². The van der Waals surface area contributed by atoms with Crippen LogP contribution >= 0.6 is 0 Å². The van der Waals surface area contributed by atoms with Gasteiger partial charge >= 0.3 is 0 Å². The molecule has 5 heteroatoms. The number of benzene rings is 1. The van der Waals surface area contributed by atoms with Gasteiger partial charge in [0.1, 0.15) is 11.4 Å². The summed E-state index contributed by atoms with van der Waals surface area (Å²) in [4.78, 5) is 25.5. The minimum atomic E-state index is -0.818. The first kappa shape index (κ1) is 14.3. The van der Waals surface area contributed by atoms with Crippen molar-refractivity contribution in [2.45, 2.75) is 32.3 Å². The van der Waals surface area contributed by atoms with Crippen molar-refractivity contribution in [3.63, 3.8) is 0 Å². The molecule has 1 fully saturated rings. The Bertz CT molecular complexity index is 741. The average Bonchev–Trinajstić information content (AvgIpc) is 2.90. The van der Waals surface area contributed by atoms with Gasteiger partial charge in [-0.2, -0.15) is 5.26 Å². The highest BCUT2D eigenvalue weighted by atomic mass is 16.5. The summed E-state index contributed by atoms with van der Waals surface area (Å²) in [6, 6.07) is 7.15. The molecule has 0 radical (unpaired) electrons. The predicted octanol–water partition coefficient (Wildman–Crippen LogP) is 2.26. The zero-order valence-electron chi connectivity index (χ0n) is 12.5. The summed E-state index contributed by atoms with van der Waals surface area (Å²) >= 11 is 0. The van der Waals surface area contributed by atoms with Crippen molar-refractivity contribution in [2.75, 3.05) is 6.54 Å². The molecule has 2 aliphatic rings. The van der Waals surface area contributed by atoms with Crippen LogP contribution in [0.2, 0.25) is 0 Å². The van der Waals surface area contributed by atoms with E-state index in [4.69, 9.17) is 10.00 Å². The molecule has 5 nitrogen and oxygen atoms in total. The van der Waals surface area contributed by atoms with E-state index in [1.165, 1.54) is 0 Å². The van der Waals surface area contributed by atoms with E-state index in [1.54, 1.807) is 36.9 Å². The second-order valence-corrected chi connectivity index (χ2v) is 5.96. The Kier molecular flexibility index (Phi) is 3.25. The van der Waals surface area contributed by atoms with Crippen LogP contribution in [0.3, 0.4) is 0 Å². The predicted molar refractivity (Wildman–Crippen MR) is 79.8 cm³/mol. The van der Waals surface area contributed by atoms with Crippen molar-refractivity contribution in [1.82, 2.24) is 4.90 Å². The molecule has 0 aromatic heterocycles. The number of carbonyl (C=O) groups is 2. The zero-order chi connectivity index (χ0) is 15.9. The van der Waals surface area contributed by atoms with Crippen LogP contribution in [-0.2, 0) is 9.59 Å². The van der Waals surface area contributed by atoms with Gasteiger partial charge < -0.3 is 9.64 Å². The van der Waals surface area contributed by atoms with Crippen LogP contribution in [0, 0.1) is 11.3 Å². The Morgan fingerprint density at radius 2 is 2.18 bits per heavy atom. The van der Waals surface area contributed by atoms with Crippen molar-refractivity contribution < 1.29 is 14.3 Å². The molecule has 0 bridgehead atoms. The summed E-state index contributed by atoms with van der Waals surface area (Å²) in [5, 5.41) is 9.11. The van der Waals surface area contributed by atoms with E-state index < -0.39 is 5.60 Å². The lowest BCUT2D eigenvalue weighted by Gasteiger charge is -2.37. The molecule has 0 unspecified atom stereocenters. The number of carbonyl (C=O) groups excluding carboxylic acids is 2. The minimum Gasteiger partial charge on any atom is -0.482 e. The smallest absolute Gasteiger partial charge is 0.227 e. The quantitative estimate of drug-likeness (QED) is 0.785. The summed E-state index contributed by atoms with van der Waals surface area (Å²) in [7, 11) is 0. The normalized spacial score (nSPS) is 19.5. The molecular formula is C17H16N2O3. The maximum Gasteiger partial charge on any atom is 0.227 e. The lowest BCUT2D eigenvalue weighted by atomic mass is 9.89. The molecule has 1 aromatic carbocycles. The highest BCUT2D eigenvalue weighted by Crippen LogP contribution is 2.43. The molecule has 112 valence electrons. The van der Waals surface area contributed by atoms with Gasteiger partial charge in [0.25, 0.3) is 0 Å². The van der Waals surface area contributed by atoms with E-state index in [0.29, 0.717) is 41.1 Å². The van der Waals surface area contributed by atoms with E-state index in [0.717, 1.165) is 12.7 Å². The molecule has 2 heterocycles. The first-order valence-corrected chi connectivity index (χ1v) is 7.22. The Labute approximate surface area is 128 Å². The summed E-state index contributed by atoms with van der Waals surface area (Å²) in [6.07, 6.45) is 2.00. The molecule has 1 saturated heterocycles. The third-order valence-corrected chi connectivity index (χ3v) is 4.09. The highest BCUT2D eigenvalue weighted by molar-refractivity contribution is 5.99. The van der Waals surface area contributed by atoms with Crippen LogP contribution in [0.1, 0.15) is 37.8 Å². The molecule has 0 aliphatic carbocycles. The SMILES string of the molecule is CC1(C)Oc2ccc(C#N)cc2C(N2CCCC2=O)=C1C=O. The van der Waals surface area contributed by atoms with Gasteiger partial charge in [-0.05, 0) is 38.5 Å². The minimum absolute atomic E-state index is 0.000334. The van der Waals surface area contributed by atoms with Crippen molar-refractivity contribution in [3.8, 4) is 11.8 Å². The van der Waals surface area contributed by atoms with Gasteiger partial charge in [0.05, 0.1) is 22.9 Å². The van der Waals surface area contributed by atoms with Crippen LogP contribution in [0.25, 0.3) is 5.70 Å². The summed E-state index contributed by atoms with van der Waals surface area (Å²) in [6.45, 7) is 4.19. The summed E-state index contributed by atoms with van der Waals surface area (Å²) in [5.74, 6) is 0.588. The Hall–Kier alpha value is -2.61. The first-order valence-electron chi connectivity index (χ1n) is 7.22. The number of hydrogen-bond donors (Lipinski definition) is 0. The van der Waals surface area contributed by atoms with Crippen molar-refractivity contribution in [3.05, 3.63) is 34.9 Å². The second-order valence-electron chi connectivity index (χ2n) is 5.96. The van der Waals surface area contributed by atoms with Gasteiger partial charge in [-0.1, -0.05) is 0 Å². The number of likely N-dealkylation sites (tertiary alicyclic amines) is 1. The fraction of sp³-hybridized carbons (Fsp3) is 0.353. The molecule has 3 rings (SSSR count). The third kappa shape index (κ3) is 2.08. The van der Waals surface area contributed by atoms with E-state index in [1.807, 2.05) is 0 Å². The van der Waals surface area contributed by atoms with E-state index in [2.05, 4.69) is 6.07 Å². The standard InChI is InChI=1S/C17H16N2O3/c1-17(2)13(10-20)16(19-7-3-4-15(19)21)12-8-11(9-18)5-6-14(12)22-17/h5-6,8,10H,3-4,7H2,1-2H3. The molecule has 1 amide bonds. The number of aldehydes is 1. The molecule has 1 aromatic rings. The van der Waals surface area contributed by atoms with Crippen LogP contribution in [0.15, 0.2) is 23.8 Å². The fourth-order valence-electron chi connectivity index (χ4n) is 3.01. The topological polar surface area (TPSA) is 70.4 Å². The maximum absolute atomic E-state index is 12.2. The van der Waals surface area contributed by atoms with Crippen molar-refractivity contribution in [2.24, 2.45) is 0 Å². The van der Waals surface area contributed by atoms with Gasteiger partial charge in [-0.3, -0.25) is 9.59 Å². The Morgan fingerprint density at radius 1 is 1.41 bits per heavy atom.